The van der Waals surface area contributed by atoms with E-state index in [1.54, 1.807) is 30.3 Å². The van der Waals surface area contributed by atoms with Crippen LogP contribution in [0.15, 0.2) is 83.8 Å². The molecule has 0 spiro atoms. The Hall–Kier alpha value is -3.49. The standard InChI is InChI=1S/C25H18FNO4S2/c26-18-9-11-19(12-10-18)31-20-8-4-7-17(13-20)15-22-23(28)27(25(32)33-22)21(24(29)30)14-16-5-2-1-3-6-16/h1-13,15,21H,14H2,(H,29,30)/b22-15-/t21-/m0/s1. The van der Waals surface area contributed by atoms with E-state index >= 15 is 0 Å². The van der Waals surface area contributed by atoms with E-state index < -0.39 is 17.9 Å². The number of hydrogen-bond donors (Lipinski definition) is 1. The van der Waals surface area contributed by atoms with Gasteiger partial charge in [-0.15, -0.1) is 0 Å². The number of halogens is 1. The van der Waals surface area contributed by atoms with Crippen molar-refractivity contribution in [1.29, 1.82) is 0 Å². The maximum absolute atomic E-state index is 13.1. The minimum atomic E-state index is -1.12. The van der Waals surface area contributed by atoms with Gasteiger partial charge in [0.1, 0.15) is 27.7 Å². The lowest BCUT2D eigenvalue weighted by molar-refractivity contribution is -0.145. The quantitative estimate of drug-likeness (QED) is 0.356. The first-order valence-electron chi connectivity index (χ1n) is 9.98. The third kappa shape index (κ3) is 5.47. The van der Waals surface area contributed by atoms with Crippen molar-refractivity contribution in [1.82, 2.24) is 4.90 Å². The van der Waals surface area contributed by atoms with E-state index in [0.717, 1.165) is 17.3 Å². The molecule has 1 amide bonds. The van der Waals surface area contributed by atoms with Crippen LogP contribution in [0.1, 0.15) is 11.1 Å². The van der Waals surface area contributed by atoms with Crippen molar-refractivity contribution in [2.24, 2.45) is 0 Å². The molecule has 33 heavy (non-hydrogen) atoms. The predicted molar refractivity (Wildman–Crippen MR) is 129 cm³/mol. The number of carbonyl (C=O) groups excluding carboxylic acids is 1. The van der Waals surface area contributed by atoms with Gasteiger partial charge in [-0.25, -0.2) is 9.18 Å². The van der Waals surface area contributed by atoms with E-state index in [9.17, 15) is 19.1 Å². The van der Waals surface area contributed by atoms with Crippen LogP contribution < -0.4 is 4.74 Å². The number of hydrogen-bond acceptors (Lipinski definition) is 5. The van der Waals surface area contributed by atoms with Gasteiger partial charge in [0.2, 0.25) is 0 Å². The monoisotopic (exact) mass is 479 g/mol. The Balaban J connectivity index is 1.54. The van der Waals surface area contributed by atoms with Crippen LogP contribution in [-0.2, 0) is 16.0 Å². The summed E-state index contributed by atoms with van der Waals surface area (Å²) in [5, 5.41) is 9.78. The largest absolute Gasteiger partial charge is 0.480 e. The van der Waals surface area contributed by atoms with Crippen molar-refractivity contribution >= 4 is 46.3 Å². The molecule has 166 valence electrons. The van der Waals surface area contributed by atoms with Gasteiger partial charge in [0.25, 0.3) is 5.91 Å². The van der Waals surface area contributed by atoms with Crippen LogP contribution in [0.5, 0.6) is 11.5 Å². The van der Waals surface area contributed by atoms with Crippen molar-refractivity contribution in [3.63, 3.8) is 0 Å². The number of rotatable bonds is 7. The molecule has 0 saturated carbocycles. The summed E-state index contributed by atoms with van der Waals surface area (Å²) < 4.78 is 19.0. The van der Waals surface area contributed by atoms with E-state index in [1.165, 1.54) is 29.2 Å². The molecule has 1 saturated heterocycles. The van der Waals surface area contributed by atoms with Crippen LogP contribution in [0.2, 0.25) is 0 Å². The molecular weight excluding hydrogens is 461 g/mol. The Labute approximate surface area is 199 Å². The highest BCUT2D eigenvalue weighted by Crippen LogP contribution is 2.35. The molecule has 1 aliphatic rings. The fourth-order valence-electron chi connectivity index (χ4n) is 3.33. The molecule has 1 fully saturated rings. The lowest BCUT2D eigenvalue weighted by Gasteiger charge is -2.23. The highest BCUT2D eigenvalue weighted by Gasteiger charge is 2.40. The van der Waals surface area contributed by atoms with Crippen LogP contribution in [-0.4, -0.2) is 32.2 Å². The third-order valence-electron chi connectivity index (χ3n) is 4.90. The highest BCUT2D eigenvalue weighted by molar-refractivity contribution is 8.26. The van der Waals surface area contributed by atoms with E-state index in [2.05, 4.69) is 0 Å². The number of amides is 1. The number of thiocarbonyl (C=S) groups is 1. The van der Waals surface area contributed by atoms with Gasteiger partial charge in [0.15, 0.2) is 0 Å². The van der Waals surface area contributed by atoms with Crippen molar-refractivity contribution < 1.29 is 23.8 Å². The molecule has 3 aromatic rings. The second-order valence-corrected chi connectivity index (χ2v) is 8.90. The first kappa shape index (κ1) is 22.7. The van der Waals surface area contributed by atoms with Crippen molar-refractivity contribution in [3.05, 3.63) is 101 Å². The Kier molecular flexibility index (Phi) is 6.86. The highest BCUT2D eigenvalue weighted by atomic mass is 32.2. The average molecular weight is 480 g/mol. The van der Waals surface area contributed by atoms with Crippen molar-refractivity contribution in [3.8, 4) is 11.5 Å². The Bertz CT molecular complexity index is 1230. The third-order valence-corrected chi connectivity index (χ3v) is 6.23. The zero-order valence-electron chi connectivity index (χ0n) is 17.2. The molecule has 1 aliphatic heterocycles. The predicted octanol–water partition coefficient (Wildman–Crippen LogP) is 5.52. The normalized spacial score (nSPS) is 15.7. The molecule has 0 radical (unpaired) electrons. The first-order chi connectivity index (χ1) is 15.9. The first-order valence-corrected chi connectivity index (χ1v) is 11.2. The molecule has 4 rings (SSSR count). The average Bonchev–Trinajstić information content (AvgIpc) is 3.07. The molecule has 0 aliphatic carbocycles. The number of ether oxygens (including phenoxy) is 1. The summed E-state index contributed by atoms with van der Waals surface area (Å²) in [5.74, 6) is -0.933. The van der Waals surface area contributed by atoms with Crippen molar-refractivity contribution in [2.75, 3.05) is 0 Å². The molecule has 0 unspecified atom stereocenters. The SMILES string of the molecule is O=C(O)[C@H](Cc1ccccc1)N1C(=O)/C(=C/c2cccc(Oc3ccc(F)cc3)c2)SC1=S. The van der Waals surface area contributed by atoms with E-state index in [0.29, 0.717) is 22.0 Å². The summed E-state index contributed by atoms with van der Waals surface area (Å²) in [6.07, 6.45) is 1.80. The zero-order valence-corrected chi connectivity index (χ0v) is 18.8. The summed E-state index contributed by atoms with van der Waals surface area (Å²) in [6, 6.07) is 20.7. The molecular formula is C25H18FNO4S2. The van der Waals surface area contributed by atoms with Crippen LogP contribution in [0.4, 0.5) is 4.39 Å². The molecule has 1 heterocycles. The molecule has 0 bridgehead atoms. The smallest absolute Gasteiger partial charge is 0.327 e. The Morgan fingerprint density at radius 2 is 1.79 bits per heavy atom. The molecule has 0 aromatic heterocycles. The summed E-state index contributed by atoms with van der Waals surface area (Å²) in [5.41, 5.74) is 1.48. The van der Waals surface area contributed by atoms with Gasteiger partial charge in [-0.1, -0.05) is 66.4 Å². The van der Waals surface area contributed by atoms with E-state index in [-0.39, 0.29) is 16.6 Å². The molecule has 3 aromatic carbocycles. The molecule has 8 heteroatoms. The fraction of sp³-hybridized carbons (Fsp3) is 0.0800. The fourth-order valence-corrected chi connectivity index (χ4v) is 4.69. The molecule has 5 nitrogen and oxygen atoms in total. The number of thioether (sulfide) groups is 1. The van der Waals surface area contributed by atoms with Gasteiger partial charge in [0, 0.05) is 6.42 Å². The lowest BCUT2D eigenvalue weighted by atomic mass is 10.0. The topological polar surface area (TPSA) is 66.8 Å². The summed E-state index contributed by atoms with van der Waals surface area (Å²) in [7, 11) is 0. The van der Waals surface area contributed by atoms with Crippen LogP contribution in [0, 0.1) is 5.82 Å². The van der Waals surface area contributed by atoms with Crippen molar-refractivity contribution in [2.45, 2.75) is 12.5 Å². The van der Waals surface area contributed by atoms with Gasteiger partial charge in [-0.2, -0.15) is 0 Å². The van der Waals surface area contributed by atoms with E-state index in [1.807, 2.05) is 30.3 Å². The van der Waals surface area contributed by atoms with Gasteiger partial charge < -0.3 is 9.84 Å². The maximum Gasteiger partial charge on any atom is 0.327 e. The molecule has 1 N–H and O–H groups in total. The zero-order chi connectivity index (χ0) is 23.4. The van der Waals surface area contributed by atoms with Crippen LogP contribution in [0.25, 0.3) is 6.08 Å². The van der Waals surface area contributed by atoms with Gasteiger partial charge in [-0.05, 0) is 53.6 Å². The summed E-state index contributed by atoms with van der Waals surface area (Å²) in [6.45, 7) is 0. The second kappa shape index (κ2) is 9.97. The summed E-state index contributed by atoms with van der Waals surface area (Å²) in [4.78, 5) is 26.5. The summed E-state index contributed by atoms with van der Waals surface area (Å²) >= 11 is 6.42. The Morgan fingerprint density at radius 3 is 2.48 bits per heavy atom. The van der Waals surface area contributed by atoms with Gasteiger partial charge >= 0.3 is 5.97 Å². The number of carboxylic acids is 1. The number of nitrogens with zero attached hydrogens (tertiary/aromatic N) is 1. The number of benzene rings is 3. The van der Waals surface area contributed by atoms with Gasteiger partial charge in [-0.3, -0.25) is 9.69 Å². The minimum Gasteiger partial charge on any atom is -0.480 e. The Morgan fingerprint density at radius 1 is 1.06 bits per heavy atom. The number of carbonyl (C=O) groups is 2. The maximum atomic E-state index is 13.1. The molecule has 1 atom stereocenters. The number of carboxylic acid groups (broad SMARTS) is 1. The second-order valence-electron chi connectivity index (χ2n) is 7.22. The van der Waals surface area contributed by atoms with Crippen LogP contribution in [0.3, 0.4) is 0 Å². The number of aliphatic carboxylic acids is 1. The van der Waals surface area contributed by atoms with Crippen LogP contribution >= 0.6 is 24.0 Å². The van der Waals surface area contributed by atoms with E-state index in [4.69, 9.17) is 17.0 Å². The van der Waals surface area contributed by atoms with Gasteiger partial charge in [0.05, 0.1) is 4.91 Å². The minimum absolute atomic E-state index is 0.150. The lowest BCUT2D eigenvalue weighted by Crippen LogP contribution is -2.45.